The van der Waals surface area contributed by atoms with Gasteiger partial charge in [0, 0.05) is 31.9 Å². The van der Waals surface area contributed by atoms with Crippen molar-refractivity contribution >= 4 is 40.5 Å². The van der Waals surface area contributed by atoms with E-state index in [4.69, 9.17) is 34.8 Å². The molecule has 19 heavy (non-hydrogen) atoms. The average molecular weight is 324 g/mol. The SMILES string of the molecule is CN1CCN(c2ccc(C(O)C(Cl)(Cl)Cl)cc2)CC1. The van der Waals surface area contributed by atoms with Gasteiger partial charge in [-0.1, -0.05) is 46.9 Å². The molecule has 6 heteroatoms. The van der Waals surface area contributed by atoms with Crippen LogP contribution in [0.2, 0.25) is 0 Å². The minimum Gasteiger partial charge on any atom is -0.384 e. The first kappa shape index (κ1) is 15.2. The molecule has 0 aliphatic carbocycles. The number of nitrogens with zero attached hydrogens (tertiary/aromatic N) is 2. The highest BCUT2D eigenvalue weighted by molar-refractivity contribution is 6.68. The number of alkyl halides is 3. The maximum absolute atomic E-state index is 9.88. The summed E-state index contributed by atoms with van der Waals surface area (Å²) in [5, 5.41) is 9.88. The Labute approximate surface area is 128 Å². The van der Waals surface area contributed by atoms with Gasteiger partial charge in [-0.25, -0.2) is 0 Å². The van der Waals surface area contributed by atoms with E-state index in [1.54, 1.807) is 12.1 Å². The summed E-state index contributed by atoms with van der Waals surface area (Å²) in [5.41, 5.74) is 1.74. The van der Waals surface area contributed by atoms with Gasteiger partial charge >= 0.3 is 0 Å². The number of halogens is 3. The molecule has 2 rings (SSSR count). The zero-order chi connectivity index (χ0) is 14.0. The van der Waals surface area contributed by atoms with Gasteiger partial charge in [-0.15, -0.1) is 0 Å². The van der Waals surface area contributed by atoms with Crippen LogP contribution in [0.4, 0.5) is 5.69 Å². The van der Waals surface area contributed by atoms with Crippen molar-refractivity contribution in [3.05, 3.63) is 29.8 Å². The van der Waals surface area contributed by atoms with E-state index in [1.165, 1.54) is 0 Å². The normalized spacial score (nSPS) is 19.5. The first-order chi connectivity index (χ1) is 8.88. The minimum absolute atomic E-state index is 0.609. The van der Waals surface area contributed by atoms with E-state index in [0.717, 1.165) is 31.9 Å². The molecule has 1 aromatic rings. The summed E-state index contributed by atoms with van der Waals surface area (Å²) in [6.07, 6.45) is -1.11. The second kappa shape index (κ2) is 6.06. The van der Waals surface area contributed by atoms with Crippen LogP contribution >= 0.6 is 34.8 Å². The topological polar surface area (TPSA) is 26.7 Å². The Kier molecular flexibility index (Phi) is 4.85. The Morgan fingerprint density at radius 3 is 2.05 bits per heavy atom. The Hall–Kier alpha value is -0.190. The summed E-state index contributed by atoms with van der Waals surface area (Å²) in [7, 11) is 2.12. The molecule has 0 spiro atoms. The van der Waals surface area contributed by atoms with Crippen LogP contribution in [0.3, 0.4) is 0 Å². The van der Waals surface area contributed by atoms with Crippen LogP contribution in [-0.2, 0) is 0 Å². The number of benzene rings is 1. The van der Waals surface area contributed by atoms with Crippen molar-refractivity contribution in [2.24, 2.45) is 0 Å². The molecule has 1 saturated heterocycles. The van der Waals surface area contributed by atoms with Gasteiger partial charge in [0.25, 0.3) is 0 Å². The van der Waals surface area contributed by atoms with Crippen molar-refractivity contribution in [1.82, 2.24) is 4.90 Å². The van der Waals surface area contributed by atoms with Gasteiger partial charge < -0.3 is 14.9 Å². The zero-order valence-electron chi connectivity index (χ0n) is 10.7. The molecule has 106 valence electrons. The number of likely N-dealkylation sites (N-methyl/N-ethyl adjacent to an activating group) is 1. The molecule has 0 amide bonds. The summed E-state index contributed by atoms with van der Waals surface area (Å²) in [6, 6.07) is 7.53. The largest absolute Gasteiger partial charge is 0.384 e. The Morgan fingerprint density at radius 2 is 1.58 bits per heavy atom. The number of rotatable bonds is 2. The molecule has 0 radical (unpaired) electrons. The van der Waals surface area contributed by atoms with Crippen molar-refractivity contribution in [2.45, 2.75) is 9.90 Å². The van der Waals surface area contributed by atoms with Crippen molar-refractivity contribution < 1.29 is 5.11 Å². The van der Waals surface area contributed by atoms with Gasteiger partial charge in [0.1, 0.15) is 6.10 Å². The minimum atomic E-state index is -1.70. The van der Waals surface area contributed by atoms with Crippen molar-refractivity contribution in [3.63, 3.8) is 0 Å². The third kappa shape index (κ3) is 3.89. The fraction of sp³-hybridized carbons (Fsp3) is 0.538. The number of hydrogen-bond acceptors (Lipinski definition) is 3. The monoisotopic (exact) mass is 322 g/mol. The molecular formula is C13H17Cl3N2O. The highest BCUT2D eigenvalue weighted by Gasteiger charge is 2.32. The molecule has 1 aliphatic rings. The molecule has 1 atom stereocenters. The fourth-order valence-corrected chi connectivity index (χ4v) is 2.50. The van der Waals surface area contributed by atoms with Gasteiger partial charge in [-0.05, 0) is 24.7 Å². The molecule has 1 aromatic carbocycles. The number of hydrogen-bond donors (Lipinski definition) is 1. The second-order valence-electron chi connectivity index (χ2n) is 4.83. The summed E-state index contributed by atoms with van der Waals surface area (Å²) < 4.78 is -1.70. The Balaban J connectivity index is 2.06. The number of anilines is 1. The Morgan fingerprint density at radius 1 is 1.05 bits per heavy atom. The van der Waals surface area contributed by atoms with E-state index in [0.29, 0.717) is 5.56 Å². The third-order valence-corrected chi connectivity index (χ3v) is 4.01. The summed E-state index contributed by atoms with van der Waals surface area (Å²) in [4.78, 5) is 4.61. The van der Waals surface area contributed by atoms with Gasteiger partial charge in [0.2, 0.25) is 3.79 Å². The van der Waals surface area contributed by atoms with Crippen LogP contribution in [0.5, 0.6) is 0 Å². The van der Waals surface area contributed by atoms with Crippen molar-refractivity contribution in [1.29, 1.82) is 0 Å². The molecule has 0 aromatic heterocycles. The molecule has 1 heterocycles. The lowest BCUT2D eigenvalue weighted by Crippen LogP contribution is -2.44. The smallest absolute Gasteiger partial charge is 0.220 e. The van der Waals surface area contributed by atoms with Gasteiger partial charge in [0.05, 0.1) is 0 Å². The fourth-order valence-electron chi connectivity index (χ4n) is 2.12. The first-order valence-corrected chi connectivity index (χ1v) is 7.29. The highest BCUT2D eigenvalue weighted by atomic mass is 35.6. The van der Waals surface area contributed by atoms with Crippen molar-refractivity contribution in [3.8, 4) is 0 Å². The maximum Gasteiger partial charge on any atom is 0.220 e. The molecular weight excluding hydrogens is 307 g/mol. The quantitative estimate of drug-likeness (QED) is 0.848. The van der Waals surface area contributed by atoms with Crippen LogP contribution in [0.15, 0.2) is 24.3 Å². The average Bonchev–Trinajstić information content (AvgIpc) is 2.38. The predicted molar refractivity (Wildman–Crippen MR) is 81.4 cm³/mol. The lowest BCUT2D eigenvalue weighted by Gasteiger charge is -2.34. The van der Waals surface area contributed by atoms with E-state index < -0.39 is 9.90 Å². The van der Waals surface area contributed by atoms with E-state index in [9.17, 15) is 5.11 Å². The van der Waals surface area contributed by atoms with Gasteiger partial charge in [-0.3, -0.25) is 0 Å². The molecule has 1 fully saturated rings. The number of piperazine rings is 1. The molecule has 0 bridgehead atoms. The maximum atomic E-state index is 9.88. The molecule has 3 nitrogen and oxygen atoms in total. The second-order valence-corrected chi connectivity index (χ2v) is 7.19. The van der Waals surface area contributed by atoms with E-state index in [1.807, 2.05) is 12.1 Å². The van der Waals surface area contributed by atoms with Crippen molar-refractivity contribution in [2.75, 3.05) is 38.1 Å². The first-order valence-electron chi connectivity index (χ1n) is 6.16. The van der Waals surface area contributed by atoms with Crippen LogP contribution < -0.4 is 4.90 Å². The molecule has 1 N–H and O–H groups in total. The van der Waals surface area contributed by atoms with Crippen LogP contribution in [0.25, 0.3) is 0 Å². The van der Waals surface area contributed by atoms with Crippen LogP contribution in [-0.4, -0.2) is 47.0 Å². The molecule has 0 saturated carbocycles. The molecule has 1 unspecified atom stereocenters. The highest BCUT2D eigenvalue weighted by Crippen LogP contribution is 2.39. The van der Waals surface area contributed by atoms with E-state index in [2.05, 4.69) is 16.8 Å². The summed E-state index contributed by atoms with van der Waals surface area (Å²) in [6.45, 7) is 4.11. The third-order valence-electron chi connectivity index (χ3n) is 3.39. The number of aliphatic hydroxyl groups excluding tert-OH is 1. The Bertz CT molecular complexity index is 411. The zero-order valence-corrected chi connectivity index (χ0v) is 13.0. The lowest BCUT2D eigenvalue weighted by atomic mass is 10.1. The van der Waals surface area contributed by atoms with E-state index in [-0.39, 0.29) is 0 Å². The lowest BCUT2D eigenvalue weighted by molar-refractivity contribution is 0.182. The van der Waals surface area contributed by atoms with Crippen LogP contribution in [0, 0.1) is 0 Å². The summed E-state index contributed by atoms with van der Waals surface area (Å²) >= 11 is 17.1. The van der Waals surface area contributed by atoms with Gasteiger partial charge in [0.15, 0.2) is 0 Å². The number of aliphatic hydroxyl groups is 1. The van der Waals surface area contributed by atoms with E-state index >= 15 is 0 Å². The van der Waals surface area contributed by atoms with Gasteiger partial charge in [-0.2, -0.15) is 0 Å². The standard InChI is InChI=1S/C13H17Cl3N2O/c1-17-6-8-18(9-7-17)11-4-2-10(3-5-11)12(19)13(14,15)16/h2-5,12,19H,6-9H2,1H3. The molecule has 1 aliphatic heterocycles. The van der Waals surface area contributed by atoms with Crippen LogP contribution in [0.1, 0.15) is 11.7 Å². The summed E-state index contributed by atoms with van der Waals surface area (Å²) in [5.74, 6) is 0. The predicted octanol–water partition coefficient (Wildman–Crippen LogP) is 2.84.